The van der Waals surface area contributed by atoms with Crippen LogP contribution in [0.25, 0.3) is 11.1 Å². The molecule has 0 amide bonds. The van der Waals surface area contributed by atoms with Gasteiger partial charge in [-0.3, -0.25) is 6.08 Å². The normalized spacial score (nSPS) is 13.1. The number of hydrogen-bond acceptors (Lipinski definition) is 0. The SMILES string of the molecule is CC(C)(C)c1[c-]c2c(cc1)-c1ccc(C(C)(C)C)cc1C2.CC1=[C-]CC=C1.C[Si](C)=[Zr+2].[Cl-].[Cl-]. The molecule has 178 valence electrons. The molecule has 0 aromatic heterocycles. The molecule has 0 saturated carbocycles. The quantitative estimate of drug-likeness (QED) is 0.284. The van der Waals surface area contributed by atoms with Crippen LogP contribution in [0.5, 0.6) is 0 Å². The van der Waals surface area contributed by atoms with Crippen molar-refractivity contribution in [3.63, 3.8) is 0 Å². The van der Waals surface area contributed by atoms with Crippen LogP contribution >= 0.6 is 0 Å². The summed E-state index contributed by atoms with van der Waals surface area (Å²) < 4.78 is 0. The molecule has 33 heavy (non-hydrogen) atoms. The van der Waals surface area contributed by atoms with Gasteiger partial charge in [0.25, 0.3) is 0 Å². The minimum Gasteiger partial charge on any atom is -1.00 e. The first-order valence-corrected chi connectivity index (χ1v) is 17.4. The average molecular weight is 577 g/mol. The van der Waals surface area contributed by atoms with E-state index < -0.39 is 0 Å². The predicted octanol–water partition coefficient (Wildman–Crippen LogP) is 2.14. The second kappa shape index (κ2) is 13.6. The second-order valence-electron chi connectivity index (χ2n) is 10.8. The van der Waals surface area contributed by atoms with Crippen molar-refractivity contribution in [2.45, 2.75) is 85.2 Å². The van der Waals surface area contributed by atoms with Gasteiger partial charge in [-0.25, -0.2) is 11.6 Å². The van der Waals surface area contributed by atoms with Crippen molar-refractivity contribution in [2.75, 3.05) is 0 Å². The van der Waals surface area contributed by atoms with Crippen LogP contribution in [-0.4, -0.2) is 5.43 Å². The maximum absolute atomic E-state index is 3.67. The van der Waals surface area contributed by atoms with Crippen molar-refractivity contribution < 1.29 is 48.1 Å². The zero-order valence-electron chi connectivity index (χ0n) is 21.7. The van der Waals surface area contributed by atoms with Crippen LogP contribution in [0.15, 0.2) is 48.1 Å². The van der Waals surface area contributed by atoms with Gasteiger partial charge in [-0.2, -0.15) is 29.8 Å². The topological polar surface area (TPSA) is 0 Å². The molecule has 4 rings (SSSR count). The summed E-state index contributed by atoms with van der Waals surface area (Å²) in [6, 6.07) is 15.2. The van der Waals surface area contributed by atoms with Gasteiger partial charge in [0.1, 0.15) is 0 Å². The second-order valence-corrected chi connectivity index (χ2v) is 20.2. The van der Waals surface area contributed by atoms with Crippen LogP contribution in [0.3, 0.4) is 0 Å². The smallest absolute Gasteiger partial charge is 1.00 e. The van der Waals surface area contributed by atoms with Gasteiger partial charge in [0.2, 0.25) is 0 Å². The van der Waals surface area contributed by atoms with Gasteiger partial charge in [0, 0.05) is 0 Å². The van der Waals surface area contributed by atoms with Crippen molar-refractivity contribution in [3.05, 3.63) is 82.5 Å². The van der Waals surface area contributed by atoms with E-state index in [1.807, 2.05) is 0 Å². The molecule has 0 unspecified atom stereocenters. The van der Waals surface area contributed by atoms with Gasteiger partial charge in [-0.05, 0) is 28.4 Å². The van der Waals surface area contributed by atoms with Crippen LogP contribution in [0.1, 0.15) is 77.1 Å². The Labute approximate surface area is 230 Å². The molecule has 2 aliphatic rings. The standard InChI is InChI=1S/C21H25.C6H7.C2H6Si.2ClH.Zr/c1-20(2,3)16-7-9-18-14(12-16)11-15-13-17(21(4,5)6)8-10-19(15)18;1-6-4-2-3-5-6;1-3-2;;;/h7-10,12H,11H2,1-6H3;2,4H,3H2,1H3;1-2H3;2*1H;/q2*-1;;;;+2/p-2. The molecule has 0 fully saturated rings. The van der Waals surface area contributed by atoms with Crippen molar-refractivity contribution in [1.29, 1.82) is 0 Å². The monoisotopic (exact) mass is 574 g/mol. The summed E-state index contributed by atoms with van der Waals surface area (Å²) in [5.41, 5.74) is 10.2. The molecule has 0 bridgehead atoms. The first-order chi connectivity index (χ1) is 14.3. The van der Waals surface area contributed by atoms with Crippen LogP contribution in [0.2, 0.25) is 13.1 Å². The fourth-order valence-corrected chi connectivity index (χ4v) is 3.54. The van der Waals surface area contributed by atoms with E-state index in [2.05, 4.69) is 116 Å². The van der Waals surface area contributed by atoms with Gasteiger partial charge in [0.15, 0.2) is 0 Å². The Balaban J connectivity index is 0.000000718. The minimum atomic E-state index is 0. The maximum atomic E-state index is 3.67. The molecule has 2 aliphatic carbocycles. The summed E-state index contributed by atoms with van der Waals surface area (Å²) in [5.74, 6) is 0. The predicted molar refractivity (Wildman–Crippen MR) is 135 cm³/mol. The summed E-state index contributed by atoms with van der Waals surface area (Å²) >= 11 is 1.74. The summed E-state index contributed by atoms with van der Waals surface area (Å²) in [7, 11) is 0. The Bertz CT molecular complexity index is 937. The number of allylic oxidation sites excluding steroid dienone is 4. The molecule has 0 heterocycles. The molecule has 2 aromatic carbocycles. The third kappa shape index (κ3) is 10.0. The summed E-state index contributed by atoms with van der Waals surface area (Å²) in [6.07, 6.45) is 9.36. The van der Waals surface area contributed by atoms with Crippen molar-refractivity contribution in [3.8, 4) is 11.1 Å². The molecule has 0 radical (unpaired) electrons. The Kier molecular flexibility index (Phi) is 13.5. The van der Waals surface area contributed by atoms with Gasteiger partial charge >= 0.3 is 41.9 Å². The number of halogens is 2. The Morgan fingerprint density at radius 1 is 0.879 bits per heavy atom. The Morgan fingerprint density at radius 2 is 1.45 bits per heavy atom. The third-order valence-electron chi connectivity index (χ3n) is 5.33. The van der Waals surface area contributed by atoms with E-state index in [0.29, 0.717) is 0 Å². The minimum absolute atomic E-state index is 0. The van der Waals surface area contributed by atoms with Gasteiger partial charge in [-0.1, -0.05) is 72.2 Å². The molecule has 0 N–H and O–H groups in total. The molecular weight excluding hydrogens is 539 g/mol. The molecule has 0 spiro atoms. The van der Waals surface area contributed by atoms with E-state index in [9.17, 15) is 0 Å². The molecular formula is C29H38Cl2SiZr-2. The van der Waals surface area contributed by atoms with Gasteiger partial charge < -0.3 is 24.8 Å². The Morgan fingerprint density at radius 3 is 1.88 bits per heavy atom. The van der Waals surface area contributed by atoms with Crippen LogP contribution < -0.4 is 24.8 Å². The van der Waals surface area contributed by atoms with Crippen molar-refractivity contribution in [1.82, 2.24) is 0 Å². The molecule has 4 heteroatoms. The largest absolute Gasteiger partial charge is 1.00 e. The maximum Gasteiger partial charge on any atom is -1.00 e. The summed E-state index contributed by atoms with van der Waals surface area (Å²) in [5, 5.41) is 0. The third-order valence-corrected chi connectivity index (χ3v) is 5.33. The number of fused-ring (bicyclic) bond motifs is 3. The fourth-order valence-electron chi connectivity index (χ4n) is 3.54. The van der Waals surface area contributed by atoms with E-state index in [-0.39, 0.29) is 41.1 Å². The van der Waals surface area contributed by atoms with E-state index in [1.54, 1.807) is 23.3 Å². The average Bonchev–Trinajstić information content (AvgIpc) is 3.25. The zero-order valence-corrected chi connectivity index (χ0v) is 26.7. The molecule has 0 aliphatic heterocycles. The fraction of sp³-hybridized carbons (Fsp3) is 0.448. The van der Waals surface area contributed by atoms with Crippen LogP contribution in [0.4, 0.5) is 0 Å². The van der Waals surface area contributed by atoms with Crippen LogP contribution in [-0.2, 0) is 40.6 Å². The molecule has 0 atom stereocenters. The van der Waals surface area contributed by atoms with Crippen LogP contribution in [0, 0.1) is 12.1 Å². The molecule has 0 nitrogen and oxygen atoms in total. The summed E-state index contributed by atoms with van der Waals surface area (Å²) in [6.45, 7) is 20.3. The molecule has 0 saturated heterocycles. The first-order valence-electron chi connectivity index (χ1n) is 11.2. The Hall–Kier alpha value is -0.400. The number of rotatable bonds is 0. The molecule has 2 aromatic rings. The number of benzene rings is 2. The summed E-state index contributed by atoms with van der Waals surface area (Å²) in [4.78, 5) is 0. The van der Waals surface area contributed by atoms with E-state index in [0.717, 1.165) is 12.8 Å². The zero-order chi connectivity index (χ0) is 23.4. The van der Waals surface area contributed by atoms with E-state index in [4.69, 9.17) is 0 Å². The number of hydrogen-bond donors (Lipinski definition) is 0. The van der Waals surface area contributed by atoms with Crippen molar-refractivity contribution >= 4 is 5.43 Å². The van der Waals surface area contributed by atoms with E-state index in [1.165, 1.54) is 39.0 Å². The van der Waals surface area contributed by atoms with E-state index >= 15 is 0 Å². The first kappa shape index (κ1) is 32.6. The van der Waals surface area contributed by atoms with Crippen molar-refractivity contribution in [2.24, 2.45) is 0 Å². The van der Waals surface area contributed by atoms with Gasteiger partial charge in [0.05, 0.1) is 0 Å². The van der Waals surface area contributed by atoms with Gasteiger partial charge in [-0.15, -0.1) is 17.5 Å².